The van der Waals surface area contributed by atoms with Crippen molar-refractivity contribution >= 4 is 39.5 Å². The normalized spacial score (nSPS) is 14.8. The molecule has 0 fully saturated rings. The molecule has 0 aliphatic carbocycles. The summed E-state index contributed by atoms with van der Waals surface area (Å²) in [6.45, 7) is 14.3. The molecule has 5 unspecified atom stereocenters. The third-order valence-corrected chi connectivity index (χ3v) is 22.1. The first-order valence-electron chi connectivity index (χ1n) is 42.3. The first-order valence-corrected chi connectivity index (χ1v) is 45.3. The van der Waals surface area contributed by atoms with Crippen LogP contribution in [0.5, 0.6) is 0 Å². The molecule has 0 saturated heterocycles. The van der Waals surface area contributed by atoms with E-state index < -0.39 is 97.5 Å². The first kappa shape index (κ1) is 99.1. The minimum absolute atomic E-state index is 0.107. The van der Waals surface area contributed by atoms with Gasteiger partial charge in [0.1, 0.15) is 19.3 Å². The number of carbonyl (C=O) groups is 4. The molecule has 0 aliphatic heterocycles. The van der Waals surface area contributed by atoms with Crippen molar-refractivity contribution in [3.63, 3.8) is 0 Å². The predicted molar refractivity (Wildman–Crippen MR) is 414 cm³/mol. The molecule has 8 atom stereocenters. The molecule has 0 heterocycles. The van der Waals surface area contributed by atoms with Crippen LogP contribution in [0.25, 0.3) is 0 Å². The highest BCUT2D eigenvalue weighted by atomic mass is 31.2. The van der Waals surface area contributed by atoms with Gasteiger partial charge in [0.2, 0.25) is 0 Å². The molecule has 0 aliphatic rings. The Bertz CT molecular complexity index is 1980. The molecule has 19 heteroatoms. The fourth-order valence-corrected chi connectivity index (χ4v) is 14.1. The first-order chi connectivity index (χ1) is 48.7. The van der Waals surface area contributed by atoms with Crippen molar-refractivity contribution in [2.45, 2.75) is 440 Å². The number of aliphatic hydroxyl groups excluding tert-OH is 1. The third kappa shape index (κ3) is 72.1. The smallest absolute Gasteiger partial charge is 0.462 e. The van der Waals surface area contributed by atoms with Gasteiger partial charge in [0, 0.05) is 25.7 Å². The molecule has 600 valence electrons. The molecule has 101 heavy (non-hydrogen) atoms. The highest BCUT2D eigenvalue weighted by Crippen LogP contribution is 2.45. The number of hydrogen-bond donors (Lipinski definition) is 3. The van der Waals surface area contributed by atoms with Crippen molar-refractivity contribution in [1.29, 1.82) is 0 Å². The predicted octanol–water partition coefficient (Wildman–Crippen LogP) is 24.4. The van der Waals surface area contributed by atoms with Gasteiger partial charge in [-0.15, -0.1) is 0 Å². The van der Waals surface area contributed by atoms with Crippen molar-refractivity contribution < 1.29 is 80.2 Å². The quantitative estimate of drug-likeness (QED) is 0.0222. The maximum absolute atomic E-state index is 13.1. The van der Waals surface area contributed by atoms with Crippen molar-refractivity contribution in [2.75, 3.05) is 39.6 Å². The Balaban J connectivity index is 5.16. The molecule has 0 saturated carbocycles. The van der Waals surface area contributed by atoms with E-state index in [4.69, 9.17) is 37.0 Å². The molecule has 0 bridgehead atoms. The van der Waals surface area contributed by atoms with Crippen LogP contribution >= 0.6 is 15.6 Å². The van der Waals surface area contributed by atoms with Crippen LogP contribution in [0.15, 0.2) is 0 Å². The van der Waals surface area contributed by atoms with Crippen LogP contribution in [0.1, 0.15) is 421 Å². The minimum Gasteiger partial charge on any atom is -0.462 e. The van der Waals surface area contributed by atoms with Gasteiger partial charge < -0.3 is 33.8 Å². The number of rotatable bonds is 79. The molecule has 0 spiro atoms. The Labute approximate surface area is 619 Å². The van der Waals surface area contributed by atoms with E-state index in [0.717, 1.165) is 126 Å². The molecule has 0 aromatic heterocycles. The standard InChI is InChI=1S/C82H160O17P2/c1-9-73(6)59-51-43-35-31-27-23-19-14-12-13-15-20-24-28-32-36-48-56-64-81(86)98-77(68-92-79(84)62-54-46-40-38-44-52-60-74(7)10-2)70-96-100(88,89)94-66-76(83)67-95-101(90,91)97-71-78(69-93-80(85)63-55-47-41-39-45-53-61-75(8)11-3)99-82(87)65-57-49-37-33-29-25-21-17-16-18-22-26-30-34-42-50-58-72(4)5/h72-78,83H,9-71H2,1-8H3,(H,88,89)(H,90,91)/t73?,74?,75?,76-,77-,78-/m1/s1. The number of phosphoric acid groups is 2. The van der Waals surface area contributed by atoms with Crippen LogP contribution in [0.3, 0.4) is 0 Å². The zero-order valence-electron chi connectivity index (χ0n) is 66.5. The Morgan fingerprint density at radius 3 is 0.703 bits per heavy atom. The van der Waals surface area contributed by atoms with Gasteiger partial charge in [0.25, 0.3) is 0 Å². The lowest BCUT2D eigenvalue weighted by Crippen LogP contribution is -2.30. The van der Waals surface area contributed by atoms with Crippen molar-refractivity contribution in [3.8, 4) is 0 Å². The minimum atomic E-state index is -4.96. The van der Waals surface area contributed by atoms with E-state index in [2.05, 4.69) is 55.4 Å². The summed E-state index contributed by atoms with van der Waals surface area (Å²) < 4.78 is 68.7. The average molecular weight is 1480 g/mol. The van der Waals surface area contributed by atoms with Crippen molar-refractivity contribution in [3.05, 3.63) is 0 Å². The van der Waals surface area contributed by atoms with Crippen LogP contribution in [-0.4, -0.2) is 96.7 Å². The Morgan fingerprint density at radius 2 is 0.475 bits per heavy atom. The number of carbonyl (C=O) groups excluding carboxylic acids is 4. The molecule has 0 rings (SSSR count). The zero-order chi connectivity index (χ0) is 74.6. The monoisotopic (exact) mass is 1480 g/mol. The average Bonchev–Trinajstić information content (AvgIpc) is 0.921. The fourth-order valence-electron chi connectivity index (χ4n) is 12.5. The largest absolute Gasteiger partial charge is 0.472 e. The highest BCUT2D eigenvalue weighted by Gasteiger charge is 2.30. The topological polar surface area (TPSA) is 237 Å². The Morgan fingerprint density at radius 1 is 0.277 bits per heavy atom. The number of unbranched alkanes of at least 4 members (excludes halogenated alkanes) is 42. The molecule has 0 aromatic carbocycles. The summed E-state index contributed by atoms with van der Waals surface area (Å²) in [5.41, 5.74) is 0. The van der Waals surface area contributed by atoms with Crippen molar-refractivity contribution in [1.82, 2.24) is 0 Å². The second-order valence-electron chi connectivity index (χ2n) is 30.7. The van der Waals surface area contributed by atoms with Crippen LogP contribution in [-0.2, 0) is 65.4 Å². The summed E-state index contributed by atoms with van der Waals surface area (Å²) in [6.07, 6.45) is 58.5. The SMILES string of the molecule is CCC(C)CCCCCCCCCCCCCCCCCCCCC(=O)O[C@H](COC(=O)CCCCCCCCC(C)CC)COP(=O)(O)OC[C@@H](O)COP(=O)(O)OC[C@@H](COC(=O)CCCCCCCCC(C)CC)OC(=O)CCCCCCCCCCCCCCCCCCC(C)C. The lowest BCUT2D eigenvalue weighted by atomic mass is 9.99. The lowest BCUT2D eigenvalue weighted by molar-refractivity contribution is -0.161. The molecule has 17 nitrogen and oxygen atoms in total. The number of esters is 4. The number of aliphatic hydroxyl groups is 1. The van der Waals surface area contributed by atoms with Gasteiger partial charge in [-0.1, -0.05) is 370 Å². The maximum atomic E-state index is 13.1. The second kappa shape index (κ2) is 71.0. The van der Waals surface area contributed by atoms with Crippen LogP contribution < -0.4 is 0 Å². The summed E-state index contributed by atoms with van der Waals surface area (Å²) in [6, 6.07) is 0. The summed E-state index contributed by atoms with van der Waals surface area (Å²) in [5.74, 6) is 1.03. The highest BCUT2D eigenvalue weighted by molar-refractivity contribution is 7.47. The summed E-state index contributed by atoms with van der Waals surface area (Å²) >= 11 is 0. The molecular formula is C82H160O17P2. The van der Waals surface area contributed by atoms with Crippen molar-refractivity contribution in [2.24, 2.45) is 23.7 Å². The molecule has 0 aromatic rings. The summed E-state index contributed by atoms with van der Waals surface area (Å²) in [7, 11) is -9.92. The van der Waals surface area contributed by atoms with E-state index >= 15 is 0 Å². The Kier molecular flexibility index (Phi) is 69.6. The number of hydrogen-bond acceptors (Lipinski definition) is 15. The van der Waals surface area contributed by atoms with Gasteiger partial charge in [-0.3, -0.25) is 37.3 Å². The van der Waals surface area contributed by atoms with Crippen LogP contribution in [0, 0.1) is 23.7 Å². The zero-order valence-corrected chi connectivity index (χ0v) is 68.3. The van der Waals surface area contributed by atoms with E-state index in [9.17, 15) is 43.2 Å². The van der Waals surface area contributed by atoms with Crippen LogP contribution in [0.2, 0.25) is 0 Å². The van der Waals surface area contributed by atoms with E-state index in [1.165, 1.54) is 212 Å². The van der Waals surface area contributed by atoms with Gasteiger partial charge in [-0.05, 0) is 49.4 Å². The van der Waals surface area contributed by atoms with E-state index in [0.29, 0.717) is 25.7 Å². The third-order valence-electron chi connectivity index (χ3n) is 20.2. The Hall–Kier alpha value is -1.94. The fraction of sp³-hybridized carbons (Fsp3) is 0.951. The number of phosphoric ester groups is 2. The summed E-state index contributed by atoms with van der Waals surface area (Å²) in [4.78, 5) is 73.0. The van der Waals surface area contributed by atoms with Gasteiger partial charge in [0.15, 0.2) is 12.2 Å². The van der Waals surface area contributed by atoms with Gasteiger partial charge >= 0.3 is 39.5 Å². The second-order valence-corrected chi connectivity index (χ2v) is 33.6. The van der Waals surface area contributed by atoms with Gasteiger partial charge in [-0.2, -0.15) is 0 Å². The molecule has 0 amide bonds. The summed E-state index contributed by atoms with van der Waals surface area (Å²) in [5, 5.41) is 10.6. The molecule has 0 radical (unpaired) electrons. The van der Waals surface area contributed by atoms with Crippen LogP contribution in [0.4, 0.5) is 0 Å². The molecule has 3 N–H and O–H groups in total. The van der Waals surface area contributed by atoms with Gasteiger partial charge in [-0.25, -0.2) is 9.13 Å². The van der Waals surface area contributed by atoms with E-state index in [-0.39, 0.29) is 25.7 Å². The molecular weight excluding hydrogens is 1320 g/mol. The van der Waals surface area contributed by atoms with Gasteiger partial charge in [0.05, 0.1) is 26.4 Å². The lowest BCUT2D eigenvalue weighted by Gasteiger charge is -2.21. The van der Waals surface area contributed by atoms with E-state index in [1.807, 2.05) is 0 Å². The van der Waals surface area contributed by atoms with E-state index in [1.54, 1.807) is 0 Å². The number of ether oxygens (including phenoxy) is 4. The maximum Gasteiger partial charge on any atom is 0.472 e.